The summed E-state index contributed by atoms with van der Waals surface area (Å²) in [6, 6.07) is 14.9. The molecule has 2 aliphatic rings. The molecule has 2 aromatic rings. The normalized spacial score (nSPS) is 21.0. The molecule has 2 saturated heterocycles. The van der Waals surface area contributed by atoms with Gasteiger partial charge in [0.25, 0.3) is 5.91 Å². The molecule has 0 aliphatic carbocycles. The molecule has 0 spiro atoms. The molecule has 0 aromatic heterocycles. The lowest BCUT2D eigenvalue weighted by Gasteiger charge is -2.25. The van der Waals surface area contributed by atoms with Gasteiger partial charge in [0.05, 0.1) is 20.1 Å². The number of hydrogen-bond donors (Lipinski definition) is 0. The average Bonchev–Trinajstić information content (AvgIpc) is 3.49. The van der Waals surface area contributed by atoms with Crippen LogP contribution in [0.1, 0.15) is 34.7 Å². The first-order valence-electron chi connectivity index (χ1n) is 10.5. The Morgan fingerprint density at radius 3 is 2.30 bits per heavy atom. The standard InChI is InChI=1S/C24H28N2O4/c1-29-18-10-11-22(30-2)19(14-18)20-15-26(23(27)17-8-4-3-5-9-17)16-21(20)24(28)25-12-6-7-13-25/h3-5,8-11,14,20-21H,6-7,12-13,15-16H2,1-2H3/t20-,21-/m1/s1. The lowest BCUT2D eigenvalue weighted by Crippen LogP contribution is -2.37. The minimum Gasteiger partial charge on any atom is -0.497 e. The van der Waals surface area contributed by atoms with E-state index < -0.39 is 0 Å². The topological polar surface area (TPSA) is 59.1 Å². The molecule has 2 amide bonds. The smallest absolute Gasteiger partial charge is 0.253 e. The predicted octanol–water partition coefficient (Wildman–Crippen LogP) is 3.18. The Hall–Kier alpha value is -3.02. The van der Waals surface area contributed by atoms with Crippen LogP contribution in [0.4, 0.5) is 0 Å². The molecule has 0 N–H and O–H groups in total. The lowest BCUT2D eigenvalue weighted by molar-refractivity contribution is -0.134. The van der Waals surface area contributed by atoms with E-state index in [4.69, 9.17) is 9.47 Å². The molecule has 158 valence electrons. The van der Waals surface area contributed by atoms with Crippen LogP contribution >= 0.6 is 0 Å². The van der Waals surface area contributed by atoms with Gasteiger partial charge in [0, 0.05) is 43.2 Å². The van der Waals surface area contributed by atoms with E-state index in [9.17, 15) is 9.59 Å². The van der Waals surface area contributed by atoms with Gasteiger partial charge < -0.3 is 19.3 Å². The summed E-state index contributed by atoms with van der Waals surface area (Å²) in [6.07, 6.45) is 2.08. The van der Waals surface area contributed by atoms with Crippen molar-refractivity contribution in [1.29, 1.82) is 0 Å². The second kappa shape index (κ2) is 8.78. The van der Waals surface area contributed by atoms with E-state index in [1.807, 2.05) is 53.4 Å². The molecule has 0 radical (unpaired) electrons. The van der Waals surface area contributed by atoms with Gasteiger partial charge in [0.15, 0.2) is 0 Å². The van der Waals surface area contributed by atoms with E-state index >= 15 is 0 Å². The third kappa shape index (κ3) is 3.86. The Morgan fingerprint density at radius 2 is 1.63 bits per heavy atom. The van der Waals surface area contributed by atoms with Crippen LogP contribution in [0, 0.1) is 5.92 Å². The molecular weight excluding hydrogens is 380 g/mol. The molecule has 30 heavy (non-hydrogen) atoms. The van der Waals surface area contributed by atoms with Crippen molar-refractivity contribution < 1.29 is 19.1 Å². The van der Waals surface area contributed by atoms with Crippen molar-refractivity contribution in [1.82, 2.24) is 9.80 Å². The van der Waals surface area contributed by atoms with Gasteiger partial charge in [-0.05, 0) is 43.2 Å². The third-order valence-electron chi connectivity index (χ3n) is 6.20. The summed E-state index contributed by atoms with van der Waals surface area (Å²) < 4.78 is 11.0. The summed E-state index contributed by atoms with van der Waals surface area (Å²) in [5, 5.41) is 0. The largest absolute Gasteiger partial charge is 0.497 e. The predicted molar refractivity (Wildman–Crippen MR) is 114 cm³/mol. The fourth-order valence-corrected chi connectivity index (χ4v) is 4.60. The van der Waals surface area contributed by atoms with Crippen molar-refractivity contribution >= 4 is 11.8 Å². The van der Waals surface area contributed by atoms with Gasteiger partial charge in [-0.3, -0.25) is 9.59 Å². The summed E-state index contributed by atoms with van der Waals surface area (Å²) in [5.41, 5.74) is 1.56. The number of ether oxygens (including phenoxy) is 2. The van der Waals surface area contributed by atoms with Gasteiger partial charge in [-0.15, -0.1) is 0 Å². The first-order chi connectivity index (χ1) is 14.6. The van der Waals surface area contributed by atoms with Crippen LogP contribution in [-0.4, -0.2) is 62.0 Å². The summed E-state index contributed by atoms with van der Waals surface area (Å²) in [7, 11) is 3.25. The van der Waals surface area contributed by atoms with Crippen molar-refractivity contribution in [3.05, 3.63) is 59.7 Å². The van der Waals surface area contributed by atoms with E-state index in [-0.39, 0.29) is 23.7 Å². The molecule has 2 atom stereocenters. The van der Waals surface area contributed by atoms with Gasteiger partial charge in [-0.2, -0.15) is 0 Å². The molecule has 6 heteroatoms. The number of carbonyl (C=O) groups is 2. The molecule has 0 bridgehead atoms. The average molecular weight is 408 g/mol. The Bertz CT molecular complexity index is 909. The lowest BCUT2D eigenvalue weighted by atomic mass is 9.87. The van der Waals surface area contributed by atoms with Crippen LogP contribution < -0.4 is 9.47 Å². The molecular formula is C24H28N2O4. The van der Waals surface area contributed by atoms with E-state index in [1.54, 1.807) is 19.1 Å². The maximum Gasteiger partial charge on any atom is 0.253 e. The number of methoxy groups -OCH3 is 2. The second-order valence-corrected chi connectivity index (χ2v) is 7.93. The monoisotopic (exact) mass is 408 g/mol. The van der Waals surface area contributed by atoms with Crippen LogP contribution in [-0.2, 0) is 4.79 Å². The highest BCUT2D eigenvalue weighted by atomic mass is 16.5. The SMILES string of the molecule is COc1ccc(OC)c([C@H]2CN(C(=O)c3ccccc3)C[C@H]2C(=O)N2CCCC2)c1. The highest BCUT2D eigenvalue weighted by Crippen LogP contribution is 2.41. The van der Waals surface area contributed by atoms with Gasteiger partial charge in [0.1, 0.15) is 11.5 Å². The maximum atomic E-state index is 13.4. The van der Waals surface area contributed by atoms with E-state index in [1.165, 1.54) is 0 Å². The third-order valence-corrected chi connectivity index (χ3v) is 6.20. The molecule has 2 aliphatic heterocycles. The first-order valence-corrected chi connectivity index (χ1v) is 10.5. The molecule has 0 saturated carbocycles. The minimum atomic E-state index is -0.295. The molecule has 2 heterocycles. The van der Waals surface area contributed by atoms with Crippen LogP contribution in [0.2, 0.25) is 0 Å². The molecule has 2 fully saturated rings. The van der Waals surface area contributed by atoms with Gasteiger partial charge in [-0.1, -0.05) is 18.2 Å². The van der Waals surface area contributed by atoms with Crippen LogP contribution in [0.25, 0.3) is 0 Å². The highest BCUT2D eigenvalue weighted by molar-refractivity contribution is 5.95. The Labute approximate surface area is 177 Å². The van der Waals surface area contributed by atoms with E-state index in [0.29, 0.717) is 30.2 Å². The number of amides is 2. The van der Waals surface area contributed by atoms with Crippen molar-refractivity contribution in [2.45, 2.75) is 18.8 Å². The molecule has 4 rings (SSSR count). The molecule has 6 nitrogen and oxygen atoms in total. The summed E-state index contributed by atoms with van der Waals surface area (Å²) in [6.45, 7) is 2.48. The van der Waals surface area contributed by atoms with Crippen molar-refractivity contribution in [3.63, 3.8) is 0 Å². The first kappa shape index (κ1) is 20.3. The van der Waals surface area contributed by atoms with Gasteiger partial charge >= 0.3 is 0 Å². The van der Waals surface area contributed by atoms with E-state index in [0.717, 1.165) is 31.5 Å². The molecule has 0 unspecified atom stereocenters. The zero-order valence-electron chi connectivity index (χ0n) is 17.5. The van der Waals surface area contributed by atoms with Crippen molar-refractivity contribution in [2.75, 3.05) is 40.4 Å². The Morgan fingerprint density at radius 1 is 0.900 bits per heavy atom. The number of rotatable bonds is 5. The minimum absolute atomic E-state index is 0.0424. The maximum absolute atomic E-state index is 13.4. The summed E-state index contributed by atoms with van der Waals surface area (Å²) in [4.78, 5) is 30.3. The number of likely N-dealkylation sites (tertiary alicyclic amines) is 2. The molecule has 2 aromatic carbocycles. The van der Waals surface area contributed by atoms with Crippen molar-refractivity contribution in [3.8, 4) is 11.5 Å². The Balaban J connectivity index is 1.68. The van der Waals surface area contributed by atoms with E-state index in [2.05, 4.69) is 0 Å². The zero-order valence-corrected chi connectivity index (χ0v) is 17.5. The summed E-state index contributed by atoms with van der Waals surface area (Å²) in [5.74, 6) is 1.08. The van der Waals surface area contributed by atoms with Gasteiger partial charge in [-0.25, -0.2) is 0 Å². The fourth-order valence-electron chi connectivity index (χ4n) is 4.60. The van der Waals surface area contributed by atoms with Crippen LogP contribution in [0.5, 0.6) is 11.5 Å². The number of nitrogens with zero attached hydrogens (tertiary/aromatic N) is 2. The van der Waals surface area contributed by atoms with Crippen LogP contribution in [0.3, 0.4) is 0 Å². The fraction of sp³-hybridized carbons (Fsp3) is 0.417. The quantitative estimate of drug-likeness (QED) is 0.763. The second-order valence-electron chi connectivity index (χ2n) is 7.93. The van der Waals surface area contributed by atoms with Crippen molar-refractivity contribution in [2.24, 2.45) is 5.92 Å². The van der Waals surface area contributed by atoms with Gasteiger partial charge in [0.2, 0.25) is 5.91 Å². The number of benzene rings is 2. The van der Waals surface area contributed by atoms with Crippen LogP contribution in [0.15, 0.2) is 48.5 Å². The number of hydrogen-bond acceptors (Lipinski definition) is 4. The number of carbonyl (C=O) groups excluding carboxylic acids is 2. The zero-order chi connectivity index (χ0) is 21.1. The Kier molecular flexibility index (Phi) is 5.93. The highest BCUT2D eigenvalue weighted by Gasteiger charge is 2.43. The summed E-state index contributed by atoms with van der Waals surface area (Å²) >= 11 is 0.